The van der Waals surface area contributed by atoms with Crippen molar-refractivity contribution >= 4 is 11.6 Å². The lowest BCUT2D eigenvalue weighted by molar-refractivity contribution is 0.403. The molecule has 0 unspecified atom stereocenters. The fourth-order valence-corrected chi connectivity index (χ4v) is 3.03. The molecule has 0 fully saturated rings. The molecule has 0 spiro atoms. The van der Waals surface area contributed by atoms with Crippen molar-refractivity contribution in [3.8, 4) is 22.6 Å². The number of phenols is 2. The van der Waals surface area contributed by atoms with E-state index < -0.39 is 0 Å². The van der Waals surface area contributed by atoms with Gasteiger partial charge in [0.2, 0.25) is 0 Å². The first-order valence-electron chi connectivity index (χ1n) is 7.17. The fourth-order valence-electron chi connectivity index (χ4n) is 3.03. The molecule has 2 nitrogen and oxygen atoms in total. The van der Waals surface area contributed by atoms with Crippen LogP contribution in [0.1, 0.15) is 16.7 Å². The maximum absolute atomic E-state index is 10.3. The highest BCUT2D eigenvalue weighted by Gasteiger charge is 2.27. The molecule has 106 valence electrons. The van der Waals surface area contributed by atoms with E-state index in [2.05, 4.69) is 0 Å². The van der Waals surface area contributed by atoms with E-state index in [0.29, 0.717) is 5.56 Å². The molecular weight excluding hydrogens is 272 g/mol. The first-order chi connectivity index (χ1) is 10.8. The minimum atomic E-state index is -0.0921. The SMILES string of the molecule is Oc1ccc2c(c1O)C(=Cc1ccccc1)c1ccccc1-2. The van der Waals surface area contributed by atoms with Gasteiger partial charge in [0.05, 0.1) is 0 Å². The van der Waals surface area contributed by atoms with Gasteiger partial charge in [-0.1, -0.05) is 54.6 Å². The van der Waals surface area contributed by atoms with E-state index in [1.54, 1.807) is 0 Å². The van der Waals surface area contributed by atoms with Crippen molar-refractivity contribution in [2.24, 2.45) is 0 Å². The second kappa shape index (κ2) is 4.78. The van der Waals surface area contributed by atoms with Crippen LogP contribution < -0.4 is 0 Å². The van der Waals surface area contributed by atoms with E-state index in [1.807, 2.05) is 66.7 Å². The van der Waals surface area contributed by atoms with E-state index >= 15 is 0 Å². The molecule has 0 heterocycles. The van der Waals surface area contributed by atoms with Crippen LogP contribution in [0.5, 0.6) is 11.5 Å². The van der Waals surface area contributed by atoms with Crippen LogP contribution in [-0.4, -0.2) is 10.2 Å². The van der Waals surface area contributed by atoms with Crippen molar-refractivity contribution in [3.05, 3.63) is 83.4 Å². The summed E-state index contributed by atoms with van der Waals surface area (Å²) in [7, 11) is 0. The molecule has 0 bridgehead atoms. The van der Waals surface area contributed by atoms with Crippen LogP contribution in [-0.2, 0) is 0 Å². The van der Waals surface area contributed by atoms with Gasteiger partial charge in [0.1, 0.15) is 0 Å². The lowest BCUT2D eigenvalue weighted by Crippen LogP contribution is -1.84. The van der Waals surface area contributed by atoms with Gasteiger partial charge in [-0.3, -0.25) is 0 Å². The smallest absolute Gasteiger partial charge is 0.166 e. The fraction of sp³-hybridized carbons (Fsp3) is 0. The van der Waals surface area contributed by atoms with Crippen molar-refractivity contribution in [3.63, 3.8) is 0 Å². The van der Waals surface area contributed by atoms with Crippen molar-refractivity contribution < 1.29 is 10.2 Å². The largest absolute Gasteiger partial charge is 0.504 e. The molecular formula is C20H14O2. The second-order valence-electron chi connectivity index (χ2n) is 5.37. The zero-order valence-corrected chi connectivity index (χ0v) is 11.8. The summed E-state index contributed by atoms with van der Waals surface area (Å²) in [6, 6.07) is 21.4. The van der Waals surface area contributed by atoms with E-state index in [1.165, 1.54) is 6.07 Å². The Kier molecular flexibility index (Phi) is 2.76. The number of rotatable bonds is 1. The number of hydrogen-bond donors (Lipinski definition) is 2. The van der Waals surface area contributed by atoms with Gasteiger partial charge in [0.15, 0.2) is 11.5 Å². The Morgan fingerprint density at radius 1 is 0.636 bits per heavy atom. The van der Waals surface area contributed by atoms with Crippen LogP contribution in [0.2, 0.25) is 0 Å². The van der Waals surface area contributed by atoms with Gasteiger partial charge in [-0.15, -0.1) is 0 Å². The Bertz CT molecular complexity index is 893. The van der Waals surface area contributed by atoms with E-state index in [9.17, 15) is 10.2 Å². The molecule has 22 heavy (non-hydrogen) atoms. The third-order valence-corrected chi connectivity index (χ3v) is 4.04. The standard InChI is InChI=1S/C20H14O2/c21-18-11-10-16-14-8-4-5-9-15(14)17(19(16)20(18)22)12-13-6-2-1-3-7-13/h1-12,21-22H. The van der Waals surface area contributed by atoms with Crippen molar-refractivity contribution in [2.45, 2.75) is 0 Å². The molecule has 1 aliphatic carbocycles. The zero-order valence-electron chi connectivity index (χ0n) is 11.8. The highest BCUT2D eigenvalue weighted by Crippen LogP contribution is 2.51. The highest BCUT2D eigenvalue weighted by molar-refractivity contribution is 6.08. The molecule has 0 aliphatic heterocycles. The van der Waals surface area contributed by atoms with Crippen LogP contribution in [0.4, 0.5) is 0 Å². The van der Waals surface area contributed by atoms with Crippen LogP contribution in [0.25, 0.3) is 22.8 Å². The predicted molar refractivity (Wildman–Crippen MR) is 88.6 cm³/mol. The number of benzene rings is 3. The number of fused-ring (bicyclic) bond motifs is 3. The summed E-state index contributed by atoms with van der Waals surface area (Å²) in [4.78, 5) is 0. The second-order valence-corrected chi connectivity index (χ2v) is 5.37. The summed E-state index contributed by atoms with van der Waals surface area (Å²) in [5.74, 6) is -0.151. The van der Waals surface area contributed by atoms with Crippen molar-refractivity contribution in [1.29, 1.82) is 0 Å². The normalized spacial score (nSPS) is 13.9. The summed E-state index contributed by atoms with van der Waals surface area (Å²) < 4.78 is 0. The Hall–Kier alpha value is -3.00. The summed E-state index contributed by atoms with van der Waals surface area (Å²) >= 11 is 0. The van der Waals surface area contributed by atoms with Crippen molar-refractivity contribution in [1.82, 2.24) is 0 Å². The van der Waals surface area contributed by atoms with Crippen molar-refractivity contribution in [2.75, 3.05) is 0 Å². The van der Waals surface area contributed by atoms with E-state index in [0.717, 1.165) is 27.8 Å². The molecule has 0 atom stereocenters. The number of hydrogen-bond acceptors (Lipinski definition) is 2. The first-order valence-corrected chi connectivity index (χ1v) is 7.17. The maximum atomic E-state index is 10.3. The maximum Gasteiger partial charge on any atom is 0.166 e. The summed E-state index contributed by atoms with van der Waals surface area (Å²) in [6.07, 6.45) is 2.05. The molecule has 0 amide bonds. The Morgan fingerprint density at radius 2 is 1.32 bits per heavy atom. The molecule has 0 saturated heterocycles. The molecule has 0 radical (unpaired) electrons. The van der Waals surface area contributed by atoms with Gasteiger partial charge < -0.3 is 10.2 Å². The Balaban J connectivity index is 2.04. The molecule has 2 N–H and O–H groups in total. The molecule has 3 aromatic rings. The van der Waals surface area contributed by atoms with Gasteiger partial charge in [-0.2, -0.15) is 0 Å². The molecule has 1 aliphatic rings. The summed E-state index contributed by atoms with van der Waals surface area (Å²) in [5.41, 5.74) is 5.79. The monoisotopic (exact) mass is 286 g/mol. The third kappa shape index (κ3) is 1.81. The summed E-state index contributed by atoms with van der Waals surface area (Å²) in [6.45, 7) is 0. The Morgan fingerprint density at radius 3 is 2.09 bits per heavy atom. The van der Waals surface area contributed by atoms with Gasteiger partial charge >= 0.3 is 0 Å². The molecule has 0 saturated carbocycles. The lowest BCUT2D eigenvalue weighted by atomic mass is 10.00. The zero-order chi connectivity index (χ0) is 15.1. The average Bonchev–Trinajstić information content (AvgIpc) is 2.87. The molecule has 2 heteroatoms. The first kappa shape index (κ1) is 12.7. The van der Waals surface area contributed by atoms with Gasteiger partial charge in [-0.05, 0) is 46.0 Å². The summed E-state index contributed by atoms with van der Waals surface area (Å²) in [5, 5.41) is 20.2. The van der Waals surface area contributed by atoms with Gasteiger partial charge in [0, 0.05) is 5.56 Å². The molecule has 4 rings (SSSR count). The van der Waals surface area contributed by atoms with E-state index in [-0.39, 0.29) is 11.5 Å². The van der Waals surface area contributed by atoms with Crippen LogP contribution in [0.15, 0.2) is 66.7 Å². The predicted octanol–water partition coefficient (Wildman–Crippen LogP) is 4.67. The average molecular weight is 286 g/mol. The lowest BCUT2D eigenvalue weighted by Gasteiger charge is -2.07. The van der Waals surface area contributed by atoms with Crippen LogP contribution in [0.3, 0.4) is 0 Å². The number of phenolic OH excluding ortho intramolecular Hbond substituents is 2. The topological polar surface area (TPSA) is 40.5 Å². The molecule has 0 aromatic heterocycles. The van der Waals surface area contributed by atoms with E-state index in [4.69, 9.17) is 0 Å². The number of aromatic hydroxyl groups is 2. The van der Waals surface area contributed by atoms with Gasteiger partial charge in [0.25, 0.3) is 0 Å². The third-order valence-electron chi connectivity index (χ3n) is 4.04. The minimum absolute atomic E-state index is 0.0594. The minimum Gasteiger partial charge on any atom is -0.504 e. The molecule has 3 aromatic carbocycles. The Labute approximate surface area is 128 Å². The van der Waals surface area contributed by atoms with Gasteiger partial charge in [-0.25, -0.2) is 0 Å². The van der Waals surface area contributed by atoms with Crippen LogP contribution in [0, 0.1) is 0 Å². The quantitative estimate of drug-likeness (QED) is 0.499. The highest BCUT2D eigenvalue weighted by atomic mass is 16.3. The van der Waals surface area contributed by atoms with Crippen LogP contribution >= 0.6 is 0 Å².